The lowest BCUT2D eigenvalue weighted by Crippen LogP contribution is -2.58. The number of benzene rings is 2. The second-order valence-electron chi connectivity index (χ2n) is 6.36. The zero-order valence-electron chi connectivity index (χ0n) is 15.5. The largest absolute Gasteiger partial charge is 0.452 e. The topological polar surface area (TPSA) is 71.1 Å². The van der Waals surface area contributed by atoms with E-state index >= 15 is 0 Å². The molecule has 0 aromatic heterocycles. The molecular formula is C21H21FO6. The zero-order chi connectivity index (χ0) is 20.1. The van der Waals surface area contributed by atoms with E-state index in [2.05, 4.69) is 0 Å². The van der Waals surface area contributed by atoms with Crippen molar-refractivity contribution in [1.82, 2.24) is 0 Å². The molecule has 6 nitrogen and oxygen atoms in total. The molecule has 1 fully saturated rings. The van der Waals surface area contributed by atoms with Crippen LogP contribution in [0.5, 0.6) is 0 Å². The SMILES string of the molecule is CO[C@@H]1O[C@@H](C)[C@@H](OC(=O)c2ccccc2)[C@@H](OC(=O)c2ccccc2)[C@H]1F. The molecule has 0 N–H and O–H groups in total. The summed E-state index contributed by atoms with van der Waals surface area (Å²) in [6.45, 7) is 1.60. The van der Waals surface area contributed by atoms with Gasteiger partial charge in [-0.25, -0.2) is 14.0 Å². The van der Waals surface area contributed by atoms with Crippen LogP contribution in [0.1, 0.15) is 27.6 Å². The molecule has 0 aliphatic carbocycles. The number of carbonyl (C=O) groups is 2. The molecule has 0 saturated carbocycles. The lowest BCUT2D eigenvalue weighted by molar-refractivity contribution is -0.269. The summed E-state index contributed by atoms with van der Waals surface area (Å²) in [5.41, 5.74) is 0.558. The Labute approximate surface area is 162 Å². The summed E-state index contributed by atoms with van der Waals surface area (Å²) in [7, 11) is 1.29. The quantitative estimate of drug-likeness (QED) is 0.733. The van der Waals surface area contributed by atoms with E-state index in [0.717, 1.165) is 0 Å². The van der Waals surface area contributed by atoms with Gasteiger partial charge in [-0.3, -0.25) is 0 Å². The maximum Gasteiger partial charge on any atom is 0.338 e. The fraction of sp³-hybridized carbons (Fsp3) is 0.333. The minimum absolute atomic E-state index is 0.260. The van der Waals surface area contributed by atoms with Crippen LogP contribution in [0.3, 0.4) is 0 Å². The summed E-state index contributed by atoms with van der Waals surface area (Å²) in [6, 6.07) is 16.5. The first kappa shape index (κ1) is 20.0. The predicted molar refractivity (Wildman–Crippen MR) is 97.5 cm³/mol. The molecule has 1 saturated heterocycles. The molecule has 0 bridgehead atoms. The molecule has 2 aromatic carbocycles. The fourth-order valence-electron chi connectivity index (χ4n) is 2.98. The second-order valence-corrected chi connectivity index (χ2v) is 6.36. The van der Waals surface area contributed by atoms with Gasteiger partial charge < -0.3 is 18.9 Å². The molecule has 0 amide bonds. The van der Waals surface area contributed by atoms with Crippen molar-refractivity contribution in [3.8, 4) is 0 Å². The number of carbonyl (C=O) groups excluding carboxylic acids is 2. The van der Waals surface area contributed by atoms with E-state index in [1.165, 1.54) is 7.11 Å². The van der Waals surface area contributed by atoms with Crippen molar-refractivity contribution in [3.63, 3.8) is 0 Å². The number of halogens is 1. The van der Waals surface area contributed by atoms with Crippen LogP contribution in [-0.4, -0.2) is 49.8 Å². The molecule has 2 aromatic rings. The maximum atomic E-state index is 14.9. The first-order chi connectivity index (χ1) is 13.5. The van der Waals surface area contributed by atoms with Crippen molar-refractivity contribution in [2.75, 3.05) is 7.11 Å². The second kappa shape index (κ2) is 8.95. The van der Waals surface area contributed by atoms with Crippen LogP contribution in [0, 0.1) is 0 Å². The molecule has 0 unspecified atom stereocenters. The van der Waals surface area contributed by atoms with Gasteiger partial charge in [0.25, 0.3) is 0 Å². The molecule has 1 heterocycles. The van der Waals surface area contributed by atoms with Crippen molar-refractivity contribution < 1.29 is 32.9 Å². The number of rotatable bonds is 5. The number of methoxy groups -OCH3 is 1. The number of alkyl halides is 1. The fourth-order valence-corrected chi connectivity index (χ4v) is 2.98. The van der Waals surface area contributed by atoms with E-state index in [0.29, 0.717) is 5.56 Å². The molecule has 148 valence electrons. The molecule has 7 heteroatoms. The highest BCUT2D eigenvalue weighted by atomic mass is 19.1. The number of ether oxygens (including phenoxy) is 4. The number of hydrogen-bond donors (Lipinski definition) is 0. The number of hydrogen-bond acceptors (Lipinski definition) is 6. The maximum absolute atomic E-state index is 14.9. The Kier molecular flexibility index (Phi) is 6.38. The van der Waals surface area contributed by atoms with Crippen LogP contribution in [0.4, 0.5) is 4.39 Å². The third-order valence-corrected chi connectivity index (χ3v) is 4.45. The summed E-state index contributed by atoms with van der Waals surface area (Å²) in [6.07, 6.45) is -6.34. The van der Waals surface area contributed by atoms with Crippen molar-refractivity contribution in [2.24, 2.45) is 0 Å². The predicted octanol–water partition coefficient (Wildman–Crippen LogP) is 3.17. The average Bonchev–Trinajstić information content (AvgIpc) is 2.73. The van der Waals surface area contributed by atoms with Crippen molar-refractivity contribution in [1.29, 1.82) is 0 Å². The summed E-state index contributed by atoms with van der Waals surface area (Å²) in [5, 5.41) is 0. The molecule has 0 spiro atoms. The normalized spacial score (nSPS) is 27.0. The van der Waals surface area contributed by atoms with Crippen molar-refractivity contribution in [2.45, 2.75) is 37.7 Å². The molecular weight excluding hydrogens is 367 g/mol. The van der Waals surface area contributed by atoms with Gasteiger partial charge in [0.15, 0.2) is 24.7 Å². The Morgan fingerprint density at radius 2 is 1.32 bits per heavy atom. The third kappa shape index (κ3) is 4.37. The summed E-state index contributed by atoms with van der Waals surface area (Å²) < 4.78 is 36.3. The molecule has 28 heavy (non-hydrogen) atoms. The van der Waals surface area contributed by atoms with Gasteiger partial charge in [0.05, 0.1) is 17.2 Å². The molecule has 1 aliphatic rings. The highest BCUT2D eigenvalue weighted by molar-refractivity contribution is 5.90. The van der Waals surface area contributed by atoms with Gasteiger partial charge in [0, 0.05) is 7.11 Å². The average molecular weight is 388 g/mol. The van der Waals surface area contributed by atoms with Gasteiger partial charge in [-0.1, -0.05) is 36.4 Å². The Hall–Kier alpha value is -2.77. The van der Waals surface area contributed by atoms with Crippen LogP contribution in [0.25, 0.3) is 0 Å². The lowest BCUT2D eigenvalue weighted by atomic mass is 10.00. The van der Waals surface area contributed by atoms with E-state index < -0.39 is 42.7 Å². The van der Waals surface area contributed by atoms with Crippen molar-refractivity contribution in [3.05, 3.63) is 71.8 Å². The Morgan fingerprint density at radius 1 is 0.857 bits per heavy atom. The van der Waals surface area contributed by atoms with Crippen LogP contribution < -0.4 is 0 Å². The van der Waals surface area contributed by atoms with Crippen LogP contribution in [0.15, 0.2) is 60.7 Å². The van der Waals surface area contributed by atoms with E-state index in [-0.39, 0.29) is 5.56 Å². The molecule has 5 atom stereocenters. The molecule has 1 aliphatic heterocycles. The minimum Gasteiger partial charge on any atom is -0.452 e. The summed E-state index contributed by atoms with van der Waals surface area (Å²) in [4.78, 5) is 24.9. The highest BCUT2D eigenvalue weighted by Crippen LogP contribution is 2.29. The Balaban J connectivity index is 1.82. The van der Waals surface area contributed by atoms with E-state index in [1.807, 2.05) is 0 Å². The standard InChI is InChI=1S/C21H21FO6/c1-13-17(27-19(23)14-9-5-3-6-10-14)18(16(22)21(25-2)26-13)28-20(24)15-11-7-4-8-12-15/h3-13,16-18,21H,1-2H3/t13-,16+,17+,18-,21+/m0/s1. The van der Waals surface area contributed by atoms with Gasteiger partial charge in [-0.05, 0) is 31.2 Å². The molecule has 0 radical (unpaired) electrons. The molecule has 3 rings (SSSR count). The highest BCUT2D eigenvalue weighted by Gasteiger charge is 2.49. The van der Waals surface area contributed by atoms with Gasteiger partial charge in [0.2, 0.25) is 0 Å². The van der Waals surface area contributed by atoms with Crippen LogP contribution in [0.2, 0.25) is 0 Å². The first-order valence-corrected chi connectivity index (χ1v) is 8.85. The summed E-state index contributed by atoms with van der Waals surface area (Å²) >= 11 is 0. The third-order valence-electron chi connectivity index (χ3n) is 4.45. The van der Waals surface area contributed by atoms with Crippen LogP contribution >= 0.6 is 0 Å². The monoisotopic (exact) mass is 388 g/mol. The van der Waals surface area contributed by atoms with Gasteiger partial charge >= 0.3 is 11.9 Å². The minimum atomic E-state index is -1.83. The van der Waals surface area contributed by atoms with E-state index in [9.17, 15) is 14.0 Å². The number of esters is 2. The van der Waals surface area contributed by atoms with E-state index in [4.69, 9.17) is 18.9 Å². The van der Waals surface area contributed by atoms with Gasteiger partial charge in [0.1, 0.15) is 0 Å². The Morgan fingerprint density at radius 3 is 1.79 bits per heavy atom. The zero-order valence-corrected chi connectivity index (χ0v) is 15.5. The summed E-state index contributed by atoms with van der Waals surface area (Å²) in [5.74, 6) is -1.39. The van der Waals surface area contributed by atoms with Gasteiger partial charge in [-0.15, -0.1) is 0 Å². The van der Waals surface area contributed by atoms with Crippen LogP contribution in [-0.2, 0) is 18.9 Å². The smallest absolute Gasteiger partial charge is 0.338 e. The first-order valence-electron chi connectivity index (χ1n) is 8.85. The van der Waals surface area contributed by atoms with E-state index in [1.54, 1.807) is 67.6 Å². The van der Waals surface area contributed by atoms with Gasteiger partial charge in [-0.2, -0.15) is 0 Å². The lowest BCUT2D eigenvalue weighted by Gasteiger charge is -2.40. The Bertz CT molecular complexity index is 797. The van der Waals surface area contributed by atoms with Crippen molar-refractivity contribution >= 4 is 11.9 Å².